The molecule has 6 aromatic rings. The standard InChI is InChI=1S/2C14H11NO2/c2*1-16-11-8-6-10(7-9-11)14-15-12-4-2-3-5-13(12)17-14/h2*2-9H,1H3. The van der Waals surface area contributed by atoms with Gasteiger partial charge in [-0.05, 0) is 72.8 Å². The fourth-order valence-electron chi connectivity index (χ4n) is 3.46. The lowest BCUT2D eigenvalue weighted by molar-refractivity contribution is 0.414. The largest absolute Gasteiger partial charge is 0.497 e. The molecule has 0 aliphatic heterocycles. The molecule has 0 bridgehead atoms. The molecule has 0 amide bonds. The first-order chi connectivity index (χ1) is 16.7. The molecule has 34 heavy (non-hydrogen) atoms. The first kappa shape index (κ1) is 21.3. The van der Waals surface area contributed by atoms with Crippen LogP contribution < -0.4 is 9.47 Å². The van der Waals surface area contributed by atoms with Crippen molar-refractivity contribution in [2.75, 3.05) is 14.2 Å². The quantitative estimate of drug-likeness (QED) is 0.288. The smallest absolute Gasteiger partial charge is 0.227 e. The van der Waals surface area contributed by atoms with Crippen molar-refractivity contribution in [3.63, 3.8) is 0 Å². The molecule has 2 heterocycles. The van der Waals surface area contributed by atoms with Gasteiger partial charge in [-0.2, -0.15) is 0 Å². The molecular weight excluding hydrogens is 428 g/mol. The van der Waals surface area contributed by atoms with Crippen LogP contribution in [-0.4, -0.2) is 24.2 Å². The van der Waals surface area contributed by atoms with Crippen molar-refractivity contribution >= 4 is 22.2 Å². The summed E-state index contributed by atoms with van der Waals surface area (Å²) < 4.78 is 21.6. The maximum atomic E-state index is 5.68. The molecule has 0 atom stereocenters. The number of para-hydroxylation sites is 4. The van der Waals surface area contributed by atoms with Crippen LogP contribution in [0.2, 0.25) is 0 Å². The van der Waals surface area contributed by atoms with E-state index in [0.29, 0.717) is 11.8 Å². The van der Waals surface area contributed by atoms with Gasteiger partial charge in [0.15, 0.2) is 11.2 Å². The van der Waals surface area contributed by atoms with E-state index in [4.69, 9.17) is 18.3 Å². The molecule has 2 aromatic heterocycles. The van der Waals surface area contributed by atoms with E-state index in [1.54, 1.807) is 14.2 Å². The monoisotopic (exact) mass is 450 g/mol. The summed E-state index contributed by atoms with van der Waals surface area (Å²) in [5, 5.41) is 0. The van der Waals surface area contributed by atoms with Gasteiger partial charge in [0.2, 0.25) is 11.8 Å². The summed E-state index contributed by atoms with van der Waals surface area (Å²) in [6.45, 7) is 0. The second kappa shape index (κ2) is 9.50. The Morgan fingerprint density at radius 3 is 1.24 bits per heavy atom. The first-order valence-corrected chi connectivity index (χ1v) is 10.7. The van der Waals surface area contributed by atoms with E-state index < -0.39 is 0 Å². The summed E-state index contributed by atoms with van der Waals surface area (Å²) in [5.74, 6) is 2.91. The van der Waals surface area contributed by atoms with Gasteiger partial charge in [-0.25, -0.2) is 9.97 Å². The molecular formula is C28H22N2O4. The molecule has 0 saturated heterocycles. The van der Waals surface area contributed by atoms with Crippen LogP contribution in [0.15, 0.2) is 106 Å². The number of benzene rings is 4. The maximum absolute atomic E-state index is 5.68. The Labute approximate surface area is 196 Å². The Kier molecular flexibility index (Phi) is 5.95. The van der Waals surface area contributed by atoms with Gasteiger partial charge in [-0.15, -0.1) is 0 Å². The van der Waals surface area contributed by atoms with Gasteiger partial charge in [-0.3, -0.25) is 0 Å². The average molecular weight is 450 g/mol. The van der Waals surface area contributed by atoms with Crippen LogP contribution in [0.1, 0.15) is 0 Å². The SMILES string of the molecule is COc1ccc(-c2nc3ccccc3o2)cc1.COc1ccc(-c2nc3ccccc3o2)cc1. The number of ether oxygens (including phenoxy) is 2. The van der Waals surface area contributed by atoms with Crippen LogP contribution in [0.4, 0.5) is 0 Å². The average Bonchev–Trinajstić information content (AvgIpc) is 3.54. The number of hydrogen-bond donors (Lipinski definition) is 0. The number of aromatic nitrogens is 2. The summed E-state index contributed by atoms with van der Waals surface area (Å²) in [5.41, 5.74) is 5.25. The van der Waals surface area contributed by atoms with Gasteiger partial charge in [0.1, 0.15) is 22.5 Å². The van der Waals surface area contributed by atoms with Crippen LogP contribution in [0.5, 0.6) is 11.5 Å². The minimum Gasteiger partial charge on any atom is -0.497 e. The molecule has 0 aliphatic carbocycles. The van der Waals surface area contributed by atoms with E-state index in [9.17, 15) is 0 Å². The molecule has 6 rings (SSSR count). The third kappa shape index (κ3) is 4.47. The maximum Gasteiger partial charge on any atom is 0.227 e. The van der Waals surface area contributed by atoms with E-state index >= 15 is 0 Å². The van der Waals surface area contributed by atoms with Gasteiger partial charge < -0.3 is 18.3 Å². The van der Waals surface area contributed by atoms with E-state index in [-0.39, 0.29) is 0 Å². The molecule has 6 heteroatoms. The van der Waals surface area contributed by atoms with Crippen molar-refractivity contribution in [3.8, 4) is 34.4 Å². The van der Waals surface area contributed by atoms with E-state index in [1.165, 1.54) is 0 Å². The third-order valence-corrected chi connectivity index (χ3v) is 5.26. The summed E-state index contributed by atoms with van der Waals surface area (Å²) in [6.07, 6.45) is 0. The minimum atomic E-state index is 0.633. The Bertz CT molecular complexity index is 1330. The van der Waals surface area contributed by atoms with Crippen molar-refractivity contribution in [2.24, 2.45) is 0 Å². The lowest BCUT2D eigenvalue weighted by Gasteiger charge is -1.99. The van der Waals surface area contributed by atoms with Crippen LogP contribution in [0, 0.1) is 0 Å². The van der Waals surface area contributed by atoms with E-state index in [1.807, 2.05) is 97.1 Å². The van der Waals surface area contributed by atoms with Gasteiger partial charge >= 0.3 is 0 Å². The highest BCUT2D eigenvalue weighted by Gasteiger charge is 2.08. The number of oxazole rings is 2. The number of hydrogen-bond acceptors (Lipinski definition) is 6. The fourth-order valence-corrected chi connectivity index (χ4v) is 3.46. The Morgan fingerprint density at radius 1 is 0.500 bits per heavy atom. The Hall–Kier alpha value is -4.58. The third-order valence-electron chi connectivity index (χ3n) is 5.26. The number of rotatable bonds is 4. The van der Waals surface area contributed by atoms with Crippen LogP contribution in [0.25, 0.3) is 45.1 Å². The van der Waals surface area contributed by atoms with Gasteiger partial charge in [-0.1, -0.05) is 24.3 Å². The highest BCUT2D eigenvalue weighted by atomic mass is 16.5. The van der Waals surface area contributed by atoms with E-state index in [2.05, 4.69) is 9.97 Å². The topological polar surface area (TPSA) is 70.5 Å². The molecule has 168 valence electrons. The number of methoxy groups -OCH3 is 2. The number of fused-ring (bicyclic) bond motifs is 2. The molecule has 4 aromatic carbocycles. The molecule has 0 radical (unpaired) electrons. The van der Waals surface area contributed by atoms with Crippen molar-refractivity contribution in [2.45, 2.75) is 0 Å². The number of nitrogens with zero attached hydrogens (tertiary/aromatic N) is 2. The van der Waals surface area contributed by atoms with Crippen LogP contribution in [0.3, 0.4) is 0 Å². The normalized spacial score (nSPS) is 10.6. The minimum absolute atomic E-state index is 0.633. The molecule has 0 aliphatic rings. The zero-order valence-electron chi connectivity index (χ0n) is 18.8. The van der Waals surface area contributed by atoms with Crippen molar-refractivity contribution in [1.82, 2.24) is 9.97 Å². The predicted octanol–water partition coefficient (Wildman–Crippen LogP) is 7.01. The molecule has 0 fully saturated rings. The summed E-state index contributed by atoms with van der Waals surface area (Å²) in [7, 11) is 3.29. The molecule has 0 unspecified atom stereocenters. The molecule has 0 N–H and O–H groups in total. The molecule has 0 saturated carbocycles. The second-order valence-electron chi connectivity index (χ2n) is 7.43. The van der Waals surface area contributed by atoms with E-state index in [0.717, 1.165) is 44.8 Å². The summed E-state index contributed by atoms with van der Waals surface area (Å²) >= 11 is 0. The highest BCUT2D eigenvalue weighted by molar-refractivity contribution is 5.76. The zero-order valence-corrected chi connectivity index (χ0v) is 18.8. The fraction of sp³-hybridized carbons (Fsp3) is 0.0714. The Balaban J connectivity index is 0.000000142. The van der Waals surface area contributed by atoms with Crippen LogP contribution in [-0.2, 0) is 0 Å². The predicted molar refractivity (Wildman–Crippen MR) is 132 cm³/mol. The lowest BCUT2D eigenvalue weighted by Crippen LogP contribution is -1.82. The van der Waals surface area contributed by atoms with Gasteiger partial charge in [0, 0.05) is 11.1 Å². The summed E-state index contributed by atoms with van der Waals surface area (Å²) in [6, 6.07) is 30.8. The van der Waals surface area contributed by atoms with Crippen molar-refractivity contribution in [3.05, 3.63) is 97.1 Å². The molecule has 0 spiro atoms. The lowest BCUT2D eigenvalue weighted by atomic mass is 10.2. The van der Waals surface area contributed by atoms with Crippen LogP contribution >= 0.6 is 0 Å². The zero-order chi connectivity index (χ0) is 23.3. The van der Waals surface area contributed by atoms with Gasteiger partial charge in [0.25, 0.3) is 0 Å². The van der Waals surface area contributed by atoms with Crippen molar-refractivity contribution in [1.29, 1.82) is 0 Å². The van der Waals surface area contributed by atoms with Crippen molar-refractivity contribution < 1.29 is 18.3 Å². The Morgan fingerprint density at radius 2 is 0.882 bits per heavy atom. The highest BCUT2D eigenvalue weighted by Crippen LogP contribution is 2.26. The summed E-state index contributed by atoms with van der Waals surface area (Å²) in [4.78, 5) is 8.86. The first-order valence-electron chi connectivity index (χ1n) is 10.7. The molecule has 6 nitrogen and oxygen atoms in total. The second-order valence-corrected chi connectivity index (χ2v) is 7.43. The van der Waals surface area contributed by atoms with Gasteiger partial charge in [0.05, 0.1) is 14.2 Å².